The molecule has 0 fully saturated rings. The summed E-state index contributed by atoms with van der Waals surface area (Å²) in [6.45, 7) is 1.05. The summed E-state index contributed by atoms with van der Waals surface area (Å²) in [6, 6.07) is 7.57. The van der Waals surface area contributed by atoms with E-state index in [1.54, 1.807) is 25.0 Å². The van der Waals surface area contributed by atoms with Crippen LogP contribution in [-0.4, -0.2) is 29.8 Å². The molecule has 0 bridgehead atoms. The Kier molecular flexibility index (Phi) is 5.68. The van der Waals surface area contributed by atoms with Crippen LogP contribution in [0, 0.1) is 0 Å². The van der Waals surface area contributed by atoms with E-state index in [2.05, 4.69) is 15.7 Å². The normalized spacial score (nSPS) is 12.1. The van der Waals surface area contributed by atoms with Gasteiger partial charge in [-0.15, -0.1) is 0 Å². The molecular weight excluding hydrogens is 280 g/mol. The number of ether oxygens (including phenoxy) is 1. The number of likely N-dealkylation sites (N-methyl/N-ethyl adjacent to an activating group) is 1. The van der Waals surface area contributed by atoms with Gasteiger partial charge in [0, 0.05) is 32.5 Å². The van der Waals surface area contributed by atoms with Crippen molar-refractivity contribution in [2.75, 3.05) is 14.2 Å². The van der Waals surface area contributed by atoms with Crippen molar-refractivity contribution in [2.24, 2.45) is 7.05 Å². The summed E-state index contributed by atoms with van der Waals surface area (Å²) >= 11 is 0. The number of nitrogens with zero attached hydrogens (tertiary/aromatic N) is 2. The van der Waals surface area contributed by atoms with Gasteiger partial charge in [-0.25, -0.2) is 0 Å². The van der Waals surface area contributed by atoms with E-state index in [0.29, 0.717) is 13.2 Å². The van der Waals surface area contributed by atoms with Gasteiger partial charge in [-0.2, -0.15) is 5.10 Å². The van der Waals surface area contributed by atoms with Crippen molar-refractivity contribution >= 4 is 5.91 Å². The van der Waals surface area contributed by atoms with Crippen molar-refractivity contribution in [1.82, 2.24) is 20.4 Å². The third-order valence-corrected chi connectivity index (χ3v) is 3.38. The molecular formula is C16H22N4O2. The minimum atomic E-state index is -0.407. The van der Waals surface area contributed by atoms with Gasteiger partial charge < -0.3 is 15.4 Å². The molecule has 0 saturated heterocycles. The molecule has 0 aliphatic rings. The molecule has 0 aliphatic heterocycles. The predicted octanol–water partition coefficient (Wildman–Crippen LogP) is 1.14. The number of carbonyl (C=O) groups is 1. The van der Waals surface area contributed by atoms with Crippen LogP contribution in [0.5, 0.6) is 0 Å². The molecule has 0 spiro atoms. The van der Waals surface area contributed by atoms with Crippen LogP contribution in [0.15, 0.2) is 36.7 Å². The van der Waals surface area contributed by atoms with Crippen LogP contribution < -0.4 is 10.6 Å². The molecule has 118 valence electrons. The third-order valence-electron chi connectivity index (χ3n) is 3.38. The Bertz CT molecular complexity index is 624. The molecule has 2 rings (SSSR count). The Hall–Kier alpha value is -2.18. The maximum atomic E-state index is 12.3. The minimum Gasteiger partial charge on any atom is -0.380 e. The Balaban J connectivity index is 1.97. The van der Waals surface area contributed by atoms with E-state index in [4.69, 9.17) is 4.74 Å². The number of benzene rings is 1. The van der Waals surface area contributed by atoms with Crippen LogP contribution in [0.4, 0.5) is 0 Å². The van der Waals surface area contributed by atoms with E-state index >= 15 is 0 Å². The van der Waals surface area contributed by atoms with Gasteiger partial charge in [-0.3, -0.25) is 9.48 Å². The van der Waals surface area contributed by atoms with E-state index in [0.717, 1.165) is 16.7 Å². The third kappa shape index (κ3) is 4.16. The predicted molar refractivity (Wildman–Crippen MR) is 84.0 cm³/mol. The lowest BCUT2D eigenvalue weighted by molar-refractivity contribution is -0.123. The van der Waals surface area contributed by atoms with Crippen LogP contribution in [-0.2, 0) is 29.7 Å². The second-order valence-corrected chi connectivity index (χ2v) is 5.14. The van der Waals surface area contributed by atoms with Crippen molar-refractivity contribution in [1.29, 1.82) is 0 Å². The van der Waals surface area contributed by atoms with E-state index in [9.17, 15) is 4.79 Å². The maximum absolute atomic E-state index is 12.3. The van der Waals surface area contributed by atoms with Gasteiger partial charge in [0.1, 0.15) is 6.04 Å². The number of nitrogens with one attached hydrogen (secondary N) is 2. The van der Waals surface area contributed by atoms with Gasteiger partial charge in [0.2, 0.25) is 5.91 Å². The number of hydrogen-bond acceptors (Lipinski definition) is 4. The minimum absolute atomic E-state index is 0.0763. The smallest absolute Gasteiger partial charge is 0.242 e. The molecule has 1 atom stereocenters. The molecule has 2 aromatic rings. The summed E-state index contributed by atoms with van der Waals surface area (Å²) in [5.41, 5.74) is 2.98. The van der Waals surface area contributed by atoms with Gasteiger partial charge in [0.15, 0.2) is 0 Å². The van der Waals surface area contributed by atoms with Crippen molar-refractivity contribution < 1.29 is 9.53 Å². The summed E-state index contributed by atoms with van der Waals surface area (Å²) in [5, 5.41) is 10.1. The van der Waals surface area contributed by atoms with Crippen LogP contribution in [0.3, 0.4) is 0 Å². The lowest BCUT2D eigenvalue weighted by Crippen LogP contribution is -2.35. The zero-order valence-electron chi connectivity index (χ0n) is 13.2. The quantitative estimate of drug-likeness (QED) is 0.805. The van der Waals surface area contributed by atoms with Gasteiger partial charge in [-0.1, -0.05) is 24.3 Å². The summed E-state index contributed by atoms with van der Waals surface area (Å²) in [4.78, 5) is 12.3. The first-order chi connectivity index (χ1) is 10.6. The molecule has 1 amide bonds. The second kappa shape index (κ2) is 7.72. The standard InChI is InChI=1S/C16H22N4O2/c1-17-15(14-9-19-20(2)10-14)16(21)18-8-12-5-4-6-13(7-12)11-22-3/h4-7,9-10,15,17H,8,11H2,1-3H3,(H,18,21). The highest BCUT2D eigenvalue weighted by Crippen LogP contribution is 2.12. The monoisotopic (exact) mass is 302 g/mol. The molecule has 6 heteroatoms. The van der Waals surface area contributed by atoms with Gasteiger partial charge in [0.05, 0.1) is 12.8 Å². The average Bonchev–Trinajstić information content (AvgIpc) is 2.93. The second-order valence-electron chi connectivity index (χ2n) is 5.14. The molecule has 1 aromatic carbocycles. The lowest BCUT2D eigenvalue weighted by Gasteiger charge is -2.15. The summed E-state index contributed by atoms with van der Waals surface area (Å²) in [7, 11) is 5.26. The van der Waals surface area contributed by atoms with Crippen molar-refractivity contribution in [2.45, 2.75) is 19.2 Å². The summed E-state index contributed by atoms with van der Waals surface area (Å²) in [5.74, 6) is -0.0763. The van der Waals surface area contributed by atoms with Crippen LogP contribution >= 0.6 is 0 Å². The highest BCUT2D eigenvalue weighted by atomic mass is 16.5. The summed E-state index contributed by atoms with van der Waals surface area (Å²) < 4.78 is 6.80. The summed E-state index contributed by atoms with van der Waals surface area (Å²) in [6.07, 6.45) is 3.53. The SMILES string of the molecule is CNC(C(=O)NCc1cccc(COC)c1)c1cnn(C)c1. The van der Waals surface area contributed by atoms with Crippen LogP contribution in [0.1, 0.15) is 22.7 Å². The zero-order valence-corrected chi connectivity index (χ0v) is 13.2. The van der Waals surface area contributed by atoms with Crippen LogP contribution in [0.25, 0.3) is 0 Å². The first-order valence-corrected chi connectivity index (χ1v) is 7.14. The Labute approximate surface area is 130 Å². The number of aryl methyl sites for hydroxylation is 1. The molecule has 6 nitrogen and oxygen atoms in total. The van der Waals surface area contributed by atoms with Crippen molar-refractivity contribution in [3.8, 4) is 0 Å². The number of rotatable bonds is 7. The molecule has 1 unspecified atom stereocenters. The molecule has 1 aromatic heterocycles. The Morgan fingerprint density at radius 2 is 2.18 bits per heavy atom. The number of carbonyl (C=O) groups excluding carboxylic acids is 1. The highest BCUT2D eigenvalue weighted by Gasteiger charge is 2.19. The average molecular weight is 302 g/mol. The van der Waals surface area contributed by atoms with E-state index in [1.807, 2.05) is 37.5 Å². The lowest BCUT2D eigenvalue weighted by atomic mass is 10.1. The van der Waals surface area contributed by atoms with E-state index < -0.39 is 6.04 Å². The largest absolute Gasteiger partial charge is 0.380 e. The number of hydrogen-bond donors (Lipinski definition) is 2. The molecule has 0 radical (unpaired) electrons. The fourth-order valence-corrected chi connectivity index (χ4v) is 2.33. The first-order valence-electron chi connectivity index (χ1n) is 7.14. The molecule has 1 heterocycles. The topological polar surface area (TPSA) is 68.2 Å². The van der Waals surface area contributed by atoms with Crippen molar-refractivity contribution in [3.05, 3.63) is 53.3 Å². The fraction of sp³-hybridized carbons (Fsp3) is 0.375. The molecule has 22 heavy (non-hydrogen) atoms. The van der Waals surface area contributed by atoms with Gasteiger partial charge in [0.25, 0.3) is 0 Å². The maximum Gasteiger partial charge on any atom is 0.242 e. The zero-order chi connectivity index (χ0) is 15.9. The first kappa shape index (κ1) is 16.2. The number of methoxy groups -OCH3 is 1. The molecule has 2 N–H and O–H groups in total. The fourth-order valence-electron chi connectivity index (χ4n) is 2.33. The van der Waals surface area contributed by atoms with Crippen molar-refractivity contribution in [3.63, 3.8) is 0 Å². The van der Waals surface area contributed by atoms with Crippen LogP contribution in [0.2, 0.25) is 0 Å². The van der Waals surface area contributed by atoms with Gasteiger partial charge >= 0.3 is 0 Å². The highest BCUT2D eigenvalue weighted by molar-refractivity contribution is 5.83. The van der Waals surface area contributed by atoms with Gasteiger partial charge in [-0.05, 0) is 18.2 Å². The molecule has 0 aliphatic carbocycles. The van der Waals surface area contributed by atoms with E-state index in [-0.39, 0.29) is 5.91 Å². The molecule has 0 saturated carbocycles. The van der Waals surface area contributed by atoms with E-state index in [1.165, 1.54) is 0 Å². The Morgan fingerprint density at radius 1 is 1.41 bits per heavy atom. The number of aromatic nitrogens is 2. The Morgan fingerprint density at radius 3 is 2.82 bits per heavy atom. The number of amides is 1.